The third-order valence-corrected chi connectivity index (χ3v) is 4.50. The van der Waals surface area contributed by atoms with Gasteiger partial charge in [-0.3, -0.25) is 0 Å². The van der Waals surface area contributed by atoms with E-state index in [0.717, 1.165) is 4.88 Å². The number of carboxylic acids is 1. The van der Waals surface area contributed by atoms with Crippen LogP contribution in [0, 0.1) is 0 Å². The van der Waals surface area contributed by atoms with Crippen LogP contribution in [0.2, 0.25) is 0 Å². The van der Waals surface area contributed by atoms with E-state index in [9.17, 15) is 14.7 Å². The molecule has 3 aromatic rings. The topological polar surface area (TPSA) is 91.9 Å². The molecule has 128 valence electrons. The minimum Gasteiger partial charge on any atom is -0.545 e. The Labute approximate surface area is 151 Å². The van der Waals surface area contributed by atoms with Gasteiger partial charge in [0, 0.05) is 11.6 Å². The minimum absolute atomic E-state index is 0.0587. The zero-order valence-electron chi connectivity index (χ0n) is 13.2. The van der Waals surface area contributed by atoms with Gasteiger partial charge in [-0.05, 0) is 35.2 Å². The highest BCUT2D eigenvalue weighted by molar-refractivity contribution is 7.12. The first-order chi connectivity index (χ1) is 12.6. The smallest absolute Gasteiger partial charge is 0.363 e. The van der Waals surface area contributed by atoms with Gasteiger partial charge in [-0.15, -0.1) is 11.3 Å². The number of aromatic carboxylic acids is 1. The summed E-state index contributed by atoms with van der Waals surface area (Å²) in [4.78, 5) is 27.9. The second kappa shape index (κ2) is 6.45. The number of carbonyl (C=O) groups excluding carboxylic acids is 2. The minimum atomic E-state index is -1.26. The normalized spacial score (nSPS) is 15.2. The summed E-state index contributed by atoms with van der Waals surface area (Å²) >= 11 is 1.42. The van der Waals surface area contributed by atoms with Gasteiger partial charge in [0.15, 0.2) is 5.70 Å². The molecule has 0 spiro atoms. The Morgan fingerprint density at radius 1 is 1.15 bits per heavy atom. The fourth-order valence-corrected chi connectivity index (χ4v) is 3.08. The van der Waals surface area contributed by atoms with Gasteiger partial charge in [-0.25, -0.2) is 9.79 Å². The highest BCUT2D eigenvalue weighted by atomic mass is 32.1. The van der Waals surface area contributed by atoms with E-state index in [1.165, 1.54) is 29.5 Å². The van der Waals surface area contributed by atoms with Crippen molar-refractivity contribution in [3.8, 4) is 11.3 Å². The number of rotatable bonds is 4. The van der Waals surface area contributed by atoms with E-state index in [1.807, 2.05) is 17.5 Å². The lowest BCUT2D eigenvalue weighted by Crippen LogP contribution is -2.22. The second-order valence-corrected chi connectivity index (χ2v) is 6.33. The summed E-state index contributed by atoms with van der Waals surface area (Å²) in [5.74, 6) is -0.671. The molecule has 0 N–H and O–H groups in total. The molecule has 1 aromatic carbocycles. The Morgan fingerprint density at radius 2 is 2.04 bits per heavy atom. The number of thiophene rings is 1. The van der Waals surface area contributed by atoms with Gasteiger partial charge in [0.05, 0.1) is 10.8 Å². The van der Waals surface area contributed by atoms with Gasteiger partial charge < -0.3 is 19.1 Å². The van der Waals surface area contributed by atoms with Crippen LogP contribution in [0.15, 0.2) is 69.0 Å². The number of esters is 1. The summed E-state index contributed by atoms with van der Waals surface area (Å²) in [5.41, 5.74) is 0.786. The van der Waals surface area contributed by atoms with Crippen LogP contribution in [0.4, 0.5) is 0 Å². The molecule has 0 bridgehead atoms. The van der Waals surface area contributed by atoms with E-state index >= 15 is 0 Å². The van der Waals surface area contributed by atoms with Crippen LogP contribution in [0.5, 0.6) is 0 Å². The van der Waals surface area contributed by atoms with Crippen molar-refractivity contribution < 1.29 is 23.8 Å². The molecule has 0 aliphatic carbocycles. The van der Waals surface area contributed by atoms with E-state index in [2.05, 4.69) is 4.99 Å². The van der Waals surface area contributed by atoms with Crippen LogP contribution in [-0.4, -0.2) is 17.8 Å². The van der Waals surface area contributed by atoms with Gasteiger partial charge >= 0.3 is 5.97 Å². The lowest BCUT2D eigenvalue weighted by Gasteiger charge is -2.03. The van der Waals surface area contributed by atoms with Crippen molar-refractivity contribution in [1.29, 1.82) is 0 Å². The number of aliphatic imine (C=N–C) groups is 1. The number of nitrogens with zero attached hydrogens (tertiary/aromatic N) is 1. The van der Waals surface area contributed by atoms with Gasteiger partial charge in [-0.2, -0.15) is 0 Å². The number of ether oxygens (including phenoxy) is 1. The van der Waals surface area contributed by atoms with Gasteiger partial charge in [0.25, 0.3) is 0 Å². The van der Waals surface area contributed by atoms with Crippen molar-refractivity contribution in [2.45, 2.75) is 0 Å². The van der Waals surface area contributed by atoms with Crippen LogP contribution in [-0.2, 0) is 9.53 Å². The number of hydrogen-bond acceptors (Lipinski definition) is 7. The Bertz CT molecular complexity index is 1060. The molecule has 6 nitrogen and oxygen atoms in total. The Morgan fingerprint density at radius 3 is 2.81 bits per heavy atom. The fraction of sp³-hybridized carbons (Fsp3) is 0. The summed E-state index contributed by atoms with van der Waals surface area (Å²) in [6.45, 7) is 0. The van der Waals surface area contributed by atoms with Crippen molar-refractivity contribution in [1.82, 2.24) is 0 Å². The number of hydrogen-bond donors (Lipinski definition) is 0. The van der Waals surface area contributed by atoms with Gasteiger partial charge in [0.2, 0.25) is 5.90 Å². The van der Waals surface area contributed by atoms with Crippen molar-refractivity contribution in [3.05, 3.63) is 75.8 Å². The van der Waals surface area contributed by atoms with Crippen LogP contribution in [0.1, 0.15) is 21.0 Å². The number of carboxylic acid groups (broad SMARTS) is 1. The molecular formula is C19H10NO5S-. The molecular weight excluding hydrogens is 354 g/mol. The average Bonchev–Trinajstić information content (AvgIpc) is 3.37. The quantitative estimate of drug-likeness (QED) is 0.524. The second-order valence-electron chi connectivity index (χ2n) is 5.38. The van der Waals surface area contributed by atoms with Gasteiger partial charge in [-0.1, -0.05) is 24.3 Å². The third kappa shape index (κ3) is 3.07. The van der Waals surface area contributed by atoms with E-state index in [-0.39, 0.29) is 17.2 Å². The van der Waals surface area contributed by atoms with E-state index < -0.39 is 11.9 Å². The summed E-state index contributed by atoms with van der Waals surface area (Å²) in [5, 5.41) is 12.8. The summed E-state index contributed by atoms with van der Waals surface area (Å²) in [6, 6.07) is 13.2. The standard InChI is InChI=1S/C19H11NO5S/c21-18(22)12-4-1-3-11(9-12)15-7-6-13(24-15)10-14-19(23)25-17(20-14)16-5-2-8-26-16/h1-10H,(H,21,22)/p-1/b14-10-. The van der Waals surface area contributed by atoms with Crippen LogP contribution >= 0.6 is 11.3 Å². The van der Waals surface area contributed by atoms with Crippen LogP contribution in [0.25, 0.3) is 17.4 Å². The van der Waals surface area contributed by atoms with Crippen molar-refractivity contribution in [3.63, 3.8) is 0 Å². The highest BCUT2D eigenvalue weighted by Crippen LogP contribution is 2.26. The Kier molecular flexibility index (Phi) is 3.98. The van der Waals surface area contributed by atoms with Crippen molar-refractivity contribution in [2.75, 3.05) is 0 Å². The first-order valence-electron chi connectivity index (χ1n) is 7.58. The average molecular weight is 364 g/mol. The molecule has 2 aromatic heterocycles. The maximum Gasteiger partial charge on any atom is 0.363 e. The lowest BCUT2D eigenvalue weighted by atomic mass is 10.1. The summed E-state index contributed by atoms with van der Waals surface area (Å²) in [6.07, 6.45) is 1.48. The molecule has 0 saturated heterocycles. The summed E-state index contributed by atoms with van der Waals surface area (Å²) < 4.78 is 10.8. The predicted octanol–water partition coefficient (Wildman–Crippen LogP) is 2.72. The Hall–Kier alpha value is -3.45. The number of benzene rings is 1. The zero-order chi connectivity index (χ0) is 18.1. The molecule has 0 saturated carbocycles. The summed E-state index contributed by atoms with van der Waals surface area (Å²) in [7, 11) is 0. The molecule has 4 rings (SSSR count). The molecule has 1 aliphatic heterocycles. The van der Waals surface area contributed by atoms with E-state index in [0.29, 0.717) is 17.1 Å². The number of carbonyl (C=O) groups is 2. The molecule has 26 heavy (non-hydrogen) atoms. The molecule has 1 aliphatic rings. The lowest BCUT2D eigenvalue weighted by molar-refractivity contribution is -0.255. The van der Waals surface area contributed by atoms with Crippen molar-refractivity contribution in [2.24, 2.45) is 4.99 Å². The van der Waals surface area contributed by atoms with Crippen LogP contribution < -0.4 is 5.11 Å². The molecule has 0 amide bonds. The maximum atomic E-state index is 12.0. The number of furan rings is 1. The van der Waals surface area contributed by atoms with Crippen molar-refractivity contribution >= 4 is 35.2 Å². The highest BCUT2D eigenvalue weighted by Gasteiger charge is 2.25. The van der Waals surface area contributed by atoms with E-state index in [4.69, 9.17) is 9.15 Å². The maximum absolute atomic E-state index is 12.0. The molecule has 0 radical (unpaired) electrons. The van der Waals surface area contributed by atoms with E-state index in [1.54, 1.807) is 24.3 Å². The van der Waals surface area contributed by atoms with Gasteiger partial charge in [0.1, 0.15) is 11.5 Å². The molecule has 0 fully saturated rings. The largest absolute Gasteiger partial charge is 0.545 e. The first kappa shape index (κ1) is 16.0. The fourth-order valence-electron chi connectivity index (χ4n) is 2.43. The first-order valence-corrected chi connectivity index (χ1v) is 8.46. The molecule has 7 heteroatoms. The predicted molar refractivity (Wildman–Crippen MR) is 93.4 cm³/mol. The molecule has 0 atom stereocenters. The zero-order valence-corrected chi connectivity index (χ0v) is 14.0. The number of cyclic esters (lactones) is 1. The monoisotopic (exact) mass is 364 g/mol. The molecule has 0 unspecified atom stereocenters. The molecule has 3 heterocycles. The van der Waals surface area contributed by atoms with Crippen LogP contribution in [0.3, 0.4) is 0 Å². The Balaban J connectivity index is 1.62. The third-order valence-electron chi connectivity index (χ3n) is 3.64. The SMILES string of the molecule is O=C1OC(c2cccs2)=N/C1=C\c1ccc(-c2cccc(C(=O)[O-])c2)o1.